The predicted molar refractivity (Wildman–Crippen MR) is 78.6 cm³/mol. The van der Waals surface area contributed by atoms with Crippen LogP contribution in [0.4, 0.5) is 8.78 Å². The number of nitrogens with zero attached hydrogens (tertiary/aromatic N) is 3. The summed E-state index contributed by atoms with van der Waals surface area (Å²) in [5.74, 6) is -0.437. The van der Waals surface area contributed by atoms with E-state index in [1.807, 2.05) is 7.05 Å². The number of carbonyl (C=O) groups excluding carboxylic acids is 2. The highest BCUT2D eigenvalue weighted by Crippen LogP contribution is 2.28. The van der Waals surface area contributed by atoms with Crippen molar-refractivity contribution in [3.63, 3.8) is 0 Å². The number of rotatable bonds is 3. The van der Waals surface area contributed by atoms with Crippen LogP contribution in [0.2, 0.25) is 0 Å². The standard InChI is InChI=1S/C15H25F2N3O2/c1-15(2,13(16)17)14(22)20-9-7-19(8-10-20)12(21)11-5-4-6-18(11)3/h11,13H,4-10H2,1-3H3/t11-/m0/s1. The molecule has 2 aliphatic rings. The maximum atomic E-state index is 13.0. The Labute approximate surface area is 130 Å². The third kappa shape index (κ3) is 3.24. The van der Waals surface area contributed by atoms with Crippen LogP contribution in [0.15, 0.2) is 0 Å². The van der Waals surface area contributed by atoms with Gasteiger partial charge in [0.15, 0.2) is 0 Å². The van der Waals surface area contributed by atoms with Gasteiger partial charge in [0.2, 0.25) is 11.8 Å². The summed E-state index contributed by atoms with van der Waals surface area (Å²) in [6.45, 7) is 4.98. The fraction of sp³-hybridized carbons (Fsp3) is 0.867. The number of alkyl halides is 2. The number of halogens is 2. The zero-order valence-corrected chi connectivity index (χ0v) is 13.5. The molecule has 0 radical (unpaired) electrons. The number of hydrogen-bond donors (Lipinski definition) is 0. The number of piperazine rings is 1. The highest BCUT2D eigenvalue weighted by molar-refractivity contribution is 5.84. The van der Waals surface area contributed by atoms with Gasteiger partial charge in [0, 0.05) is 26.2 Å². The van der Waals surface area contributed by atoms with Gasteiger partial charge in [-0.05, 0) is 40.3 Å². The minimum atomic E-state index is -2.69. The summed E-state index contributed by atoms with van der Waals surface area (Å²) in [6.07, 6.45) is -0.798. The van der Waals surface area contributed by atoms with Crippen LogP contribution in [0, 0.1) is 5.41 Å². The summed E-state index contributed by atoms with van der Waals surface area (Å²) in [7, 11) is 1.94. The Morgan fingerprint density at radius 1 is 1.05 bits per heavy atom. The third-order valence-corrected chi connectivity index (χ3v) is 4.78. The van der Waals surface area contributed by atoms with Crippen LogP contribution >= 0.6 is 0 Å². The summed E-state index contributed by atoms with van der Waals surface area (Å²) in [4.78, 5) is 29.9. The maximum Gasteiger partial charge on any atom is 0.252 e. The molecule has 126 valence electrons. The van der Waals surface area contributed by atoms with Gasteiger partial charge in [0.05, 0.1) is 6.04 Å². The van der Waals surface area contributed by atoms with Crippen molar-refractivity contribution in [1.29, 1.82) is 0 Å². The quantitative estimate of drug-likeness (QED) is 0.781. The smallest absolute Gasteiger partial charge is 0.252 e. The molecule has 2 aliphatic heterocycles. The van der Waals surface area contributed by atoms with Crippen molar-refractivity contribution in [2.45, 2.75) is 39.2 Å². The lowest BCUT2D eigenvalue weighted by Gasteiger charge is -2.39. The average molecular weight is 317 g/mol. The van der Waals surface area contributed by atoms with Gasteiger partial charge in [-0.15, -0.1) is 0 Å². The van der Waals surface area contributed by atoms with Gasteiger partial charge in [-0.1, -0.05) is 0 Å². The Hall–Kier alpha value is -1.24. The van der Waals surface area contributed by atoms with Gasteiger partial charge in [-0.2, -0.15) is 0 Å². The number of amides is 2. The van der Waals surface area contributed by atoms with Crippen molar-refractivity contribution in [3.05, 3.63) is 0 Å². The van der Waals surface area contributed by atoms with Crippen LogP contribution in [0.3, 0.4) is 0 Å². The molecule has 0 spiro atoms. The van der Waals surface area contributed by atoms with Gasteiger partial charge < -0.3 is 9.80 Å². The fourth-order valence-electron chi connectivity index (χ4n) is 3.06. The van der Waals surface area contributed by atoms with E-state index in [4.69, 9.17) is 0 Å². The molecule has 0 aromatic carbocycles. The summed E-state index contributed by atoms with van der Waals surface area (Å²) in [5, 5.41) is 0. The second-order valence-electron chi connectivity index (χ2n) is 6.78. The minimum absolute atomic E-state index is 0.0697. The lowest BCUT2D eigenvalue weighted by atomic mass is 9.92. The van der Waals surface area contributed by atoms with E-state index < -0.39 is 17.7 Å². The Balaban J connectivity index is 1.90. The van der Waals surface area contributed by atoms with E-state index in [0.29, 0.717) is 26.2 Å². The van der Waals surface area contributed by atoms with Crippen molar-refractivity contribution in [2.24, 2.45) is 5.41 Å². The topological polar surface area (TPSA) is 43.9 Å². The van der Waals surface area contributed by atoms with E-state index in [1.165, 1.54) is 18.7 Å². The molecule has 0 unspecified atom stereocenters. The van der Waals surface area contributed by atoms with E-state index in [9.17, 15) is 18.4 Å². The van der Waals surface area contributed by atoms with Gasteiger partial charge in [0.25, 0.3) is 6.43 Å². The van der Waals surface area contributed by atoms with E-state index in [-0.39, 0.29) is 11.9 Å². The van der Waals surface area contributed by atoms with Crippen molar-refractivity contribution in [1.82, 2.24) is 14.7 Å². The molecular weight excluding hydrogens is 292 g/mol. The van der Waals surface area contributed by atoms with Crippen LogP contribution in [-0.4, -0.2) is 78.8 Å². The molecular formula is C15H25F2N3O2. The first kappa shape index (κ1) is 17.1. The molecule has 2 amide bonds. The first-order valence-corrected chi connectivity index (χ1v) is 7.81. The summed E-state index contributed by atoms with van der Waals surface area (Å²) < 4.78 is 25.9. The molecule has 0 aromatic heterocycles. The van der Waals surface area contributed by atoms with Crippen LogP contribution in [-0.2, 0) is 9.59 Å². The van der Waals surface area contributed by atoms with Crippen molar-refractivity contribution in [2.75, 3.05) is 39.8 Å². The number of carbonyl (C=O) groups is 2. The van der Waals surface area contributed by atoms with E-state index in [0.717, 1.165) is 19.4 Å². The van der Waals surface area contributed by atoms with Gasteiger partial charge in [-0.3, -0.25) is 14.5 Å². The largest absolute Gasteiger partial charge is 0.339 e. The molecule has 0 N–H and O–H groups in total. The molecule has 2 fully saturated rings. The number of likely N-dealkylation sites (N-methyl/N-ethyl adjacent to an activating group) is 1. The highest BCUT2D eigenvalue weighted by atomic mass is 19.3. The molecule has 1 atom stereocenters. The Kier molecular flexibility index (Phi) is 5.04. The predicted octanol–water partition coefficient (Wildman–Crippen LogP) is 1.04. The number of likely N-dealkylation sites (tertiary alicyclic amines) is 1. The normalized spacial score (nSPS) is 24.2. The van der Waals surface area contributed by atoms with Crippen molar-refractivity contribution < 1.29 is 18.4 Å². The van der Waals surface area contributed by atoms with Gasteiger partial charge in [-0.25, -0.2) is 8.78 Å². The van der Waals surface area contributed by atoms with Crippen LogP contribution < -0.4 is 0 Å². The van der Waals surface area contributed by atoms with Crippen LogP contribution in [0.25, 0.3) is 0 Å². The molecule has 2 saturated heterocycles. The second kappa shape index (κ2) is 6.48. The molecule has 7 heteroatoms. The Bertz CT molecular complexity index is 435. The summed E-state index contributed by atoms with van der Waals surface area (Å²) in [5.41, 5.74) is -1.67. The second-order valence-corrected chi connectivity index (χ2v) is 6.78. The Morgan fingerprint density at radius 3 is 2.05 bits per heavy atom. The summed E-state index contributed by atoms with van der Waals surface area (Å²) >= 11 is 0. The van der Waals surface area contributed by atoms with E-state index >= 15 is 0 Å². The molecule has 5 nitrogen and oxygen atoms in total. The summed E-state index contributed by atoms with van der Waals surface area (Å²) in [6, 6.07) is -0.0697. The molecule has 2 heterocycles. The van der Waals surface area contributed by atoms with Crippen LogP contribution in [0.5, 0.6) is 0 Å². The molecule has 22 heavy (non-hydrogen) atoms. The van der Waals surface area contributed by atoms with E-state index in [2.05, 4.69) is 4.90 Å². The van der Waals surface area contributed by atoms with E-state index in [1.54, 1.807) is 4.90 Å². The van der Waals surface area contributed by atoms with Gasteiger partial charge in [0.1, 0.15) is 5.41 Å². The minimum Gasteiger partial charge on any atom is -0.339 e. The fourth-order valence-corrected chi connectivity index (χ4v) is 3.06. The molecule has 0 saturated carbocycles. The molecule has 0 aliphatic carbocycles. The monoisotopic (exact) mass is 317 g/mol. The molecule has 0 aromatic rings. The Morgan fingerprint density at radius 2 is 1.59 bits per heavy atom. The zero-order valence-electron chi connectivity index (χ0n) is 13.5. The maximum absolute atomic E-state index is 13.0. The van der Waals surface area contributed by atoms with Crippen molar-refractivity contribution in [3.8, 4) is 0 Å². The number of hydrogen-bond acceptors (Lipinski definition) is 3. The average Bonchev–Trinajstić information content (AvgIpc) is 2.91. The zero-order chi connectivity index (χ0) is 16.5. The first-order valence-electron chi connectivity index (χ1n) is 7.81. The molecule has 0 bridgehead atoms. The lowest BCUT2D eigenvalue weighted by Crippen LogP contribution is -2.56. The lowest BCUT2D eigenvalue weighted by molar-refractivity contribution is -0.153. The first-order chi connectivity index (χ1) is 10.2. The SMILES string of the molecule is CN1CCC[C@H]1C(=O)N1CCN(C(=O)C(C)(C)C(F)F)CC1. The van der Waals surface area contributed by atoms with Gasteiger partial charge >= 0.3 is 0 Å². The van der Waals surface area contributed by atoms with Crippen molar-refractivity contribution >= 4 is 11.8 Å². The highest BCUT2D eigenvalue weighted by Gasteiger charge is 2.42. The molecule has 2 rings (SSSR count). The van der Waals surface area contributed by atoms with Crippen LogP contribution in [0.1, 0.15) is 26.7 Å². The third-order valence-electron chi connectivity index (χ3n) is 4.78.